The van der Waals surface area contributed by atoms with E-state index < -0.39 is 0 Å². The van der Waals surface area contributed by atoms with E-state index in [9.17, 15) is 0 Å². The van der Waals surface area contributed by atoms with Crippen molar-refractivity contribution >= 4 is 10.8 Å². The highest BCUT2D eigenvalue weighted by molar-refractivity contribution is 5.86. The third-order valence-electron chi connectivity index (χ3n) is 4.67. The van der Waals surface area contributed by atoms with Crippen LogP contribution in [-0.2, 0) is 0 Å². The van der Waals surface area contributed by atoms with E-state index in [4.69, 9.17) is 4.42 Å². The van der Waals surface area contributed by atoms with Gasteiger partial charge in [0.15, 0.2) is 0 Å². The van der Waals surface area contributed by atoms with Crippen LogP contribution in [0.2, 0.25) is 0 Å². The smallest absolute Gasteiger partial charge is 0.125 e. The summed E-state index contributed by atoms with van der Waals surface area (Å²) in [4.78, 5) is 2.54. The number of nitrogens with zero attached hydrogens (tertiary/aromatic N) is 1. The Morgan fingerprint density at radius 2 is 1.83 bits per heavy atom. The Morgan fingerprint density at radius 3 is 2.74 bits per heavy atom. The van der Waals surface area contributed by atoms with Crippen LogP contribution in [0.5, 0.6) is 0 Å². The Hall–Kier alpha value is -2.10. The Kier molecular flexibility index (Phi) is 4.14. The molecule has 118 valence electrons. The number of hydrogen-bond acceptors (Lipinski definition) is 3. The van der Waals surface area contributed by atoms with Crippen molar-refractivity contribution in [3.05, 3.63) is 72.2 Å². The van der Waals surface area contributed by atoms with Crippen LogP contribution in [0.3, 0.4) is 0 Å². The van der Waals surface area contributed by atoms with E-state index in [0.29, 0.717) is 0 Å². The number of nitrogens with one attached hydrogen (secondary N) is 1. The molecular formula is C20H22N2O. The Bertz CT molecular complexity index is 753. The van der Waals surface area contributed by atoms with Crippen molar-refractivity contribution in [1.29, 1.82) is 0 Å². The van der Waals surface area contributed by atoms with Crippen molar-refractivity contribution in [1.82, 2.24) is 10.2 Å². The second kappa shape index (κ2) is 6.57. The topological polar surface area (TPSA) is 28.4 Å². The van der Waals surface area contributed by atoms with Crippen molar-refractivity contribution in [2.75, 3.05) is 26.2 Å². The molecule has 1 aliphatic rings. The van der Waals surface area contributed by atoms with Crippen molar-refractivity contribution in [2.24, 2.45) is 0 Å². The molecule has 2 aromatic carbocycles. The number of rotatable bonds is 3. The van der Waals surface area contributed by atoms with Crippen LogP contribution >= 0.6 is 0 Å². The summed E-state index contributed by atoms with van der Waals surface area (Å²) in [6, 6.07) is 19.5. The van der Waals surface area contributed by atoms with Crippen LogP contribution in [0.1, 0.15) is 23.8 Å². The van der Waals surface area contributed by atoms with Crippen molar-refractivity contribution in [3.63, 3.8) is 0 Å². The number of benzene rings is 2. The van der Waals surface area contributed by atoms with E-state index in [1.54, 1.807) is 6.26 Å². The average molecular weight is 306 g/mol. The molecule has 0 bridgehead atoms. The van der Waals surface area contributed by atoms with Gasteiger partial charge in [-0.05, 0) is 41.4 Å². The third-order valence-corrected chi connectivity index (χ3v) is 4.67. The molecule has 0 aliphatic carbocycles. The molecule has 0 saturated carbocycles. The summed E-state index contributed by atoms with van der Waals surface area (Å²) in [5.74, 6) is 1.03. The fourth-order valence-electron chi connectivity index (χ4n) is 3.59. The molecule has 3 aromatic rings. The molecule has 1 unspecified atom stereocenters. The molecule has 1 aromatic heterocycles. The minimum Gasteiger partial charge on any atom is -0.467 e. The average Bonchev–Trinajstić information content (AvgIpc) is 2.98. The number of furan rings is 1. The summed E-state index contributed by atoms with van der Waals surface area (Å²) in [7, 11) is 0. The quantitative estimate of drug-likeness (QED) is 0.797. The fourth-order valence-corrected chi connectivity index (χ4v) is 3.59. The summed E-state index contributed by atoms with van der Waals surface area (Å²) < 4.78 is 5.83. The lowest BCUT2D eigenvalue weighted by atomic mass is 9.96. The normalized spacial score (nSPS) is 17.9. The van der Waals surface area contributed by atoms with Gasteiger partial charge in [0.2, 0.25) is 0 Å². The van der Waals surface area contributed by atoms with E-state index in [1.807, 2.05) is 6.07 Å². The minimum atomic E-state index is 0.177. The van der Waals surface area contributed by atoms with Crippen molar-refractivity contribution < 1.29 is 4.42 Å². The zero-order valence-electron chi connectivity index (χ0n) is 13.2. The third kappa shape index (κ3) is 2.90. The summed E-state index contributed by atoms with van der Waals surface area (Å²) in [5.41, 5.74) is 1.33. The molecule has 0 spiro atoms. The maximum absolute atomic E-state index is 5.83. The lowest BCUT2D eigenvalue weighted by Gasteiger charge is -2.30. The molecule has 1 N–H and O–H groups in total. The maximum Gasteiger partial charge on any atom is 0.125 e. The van der Waals surface area contributed by atoms with E-state index in [-0.39, 0.29) is 6.04 Å². The molecule has 0 radical (unpaired) electrons. The maximum atomic E-state index is 5.83. The van der Waals surface area contributed by atoms with Crippen LogP contribution in [-0.4, -0.2) is 31.1 Å². The van der Waals surface area contributed by atoms with Gasteiger partial charge in [-0.1, -0.05) is 42.5 Å². The van der Waals surface area contributed by atoms with Gasteiger partial charge in [0.1, 0.15) is 5.76 Å². The van der Waals surface area contributed by atoms with E-state index in [2.05, 4.69) is 58.7 Å². The Balaban J connectivity index is 1.83. The molecule has 3 heteroatoms. The van der Waals surface area contributed by atoms with Gasteiger partial charge in [0.25, 0.3) is 0 Å². The first kappa shape index (κ1) is 14.5. The molecule has 0 amide bonds. The van der Waals surface area contributed by atoms with Crippen molar-refractivity contribution in [3.8, 4) is 0 Å². The van der Waals surface area contributed by atoms with Crippen LogP contribution in [0.15, 0.2) is 65.3 Å². The molecule has 3 nitrogen and oxygen atoms in total. The molecular weight excluding hydrogens is 284 g/mol. The van der Waals surface area contributed by atoms with E-state index in [0.717, 1.165) is 31.9 Å². The summed E-state index contributed by atoms with van der Waals surface area (Å²) in [5, 5.41) is 6.09. The molecule has 1 fully saturated rings. The van der Waals surface area contributed by atoms with Gasteiger partial charge >= 0.3 is 0 Å². The van der Waals surface area contributed by atoms with Crippen molar-refractivity contribution in [2.45, 2.75) is 12.5 Å². The van der Waals surface area contributed by atoms with Gasteiger partial charge in [-0.25, -0.2) is 0 Å². The van der Waals surface area contributed by atoms with Crippen LogP contribution in [0.25, 0.3) is 10.8 Å². The highest BCUT2D eigenvalue weighted by Crippen LogP contribution is 2.34. The molecule has 1 atom stereocenters. The van der Waals surface area contributed by atoms with Crippen LogP contribution in [0.4, 0.5) is 0 Å². The van der Waals surface area contributed by atoms with E-state index >= 15 is 0 Å². The van der Waals surface area contributed by atoms with Gasteiger partial charge in [-0.15, -0.1) is 0 Å². The molecule has 1 aliphatic heterocycles. The standard InChI is InChI=1S/C20H22N2O/c1-2-8-17-16(6-1)7-3-9-18(17)20(19-10-4-15-23-19)22-13-5-11-21-12-14-22/h1-4,6-10,15,20-21H,5,11-14H2. The van der Waals surface area contributed by atoms with Gasteiger partial charge in [-0.3, -0.25) is 4.90 Å². The Morgan fingerprint density at radius 1 is 0.913 bits per heavy atom. The van der Waals surface area contributed by atoms with Gasteiger partial charge in [0, 0.05) is 19.6 Å². The SMILES string of the molecule is c1coc(C(c2cccc3ccccc23)N2CCCNCC2)c1. The first-order valence-electron chi connectivity index (χ1n) is 8.39. The highest BCUT2D eigenvalue weighted by Gasteiger charge is 2.26. The van der Waals surface area contributed by atoms with Gasteiger partial charge in [-0.2, -0.15) is 0 Å². The largest absolute Gasteiger partial charge is 0.467 e. The lowest BCUT2D eigenvalue weighted by molar-refractivity contribution is 0.217. The second-order valence-electron chi connectivity index (χ2n) is 6.13. The van der Waals surface area contributed by atoms with Gasteiger partial charge in [0.05, 0.1) is 12.3 Å². The summed E-state index contributed by atoms with van der Waals surface area (Å²) >= 11 is 0. The highest BCUT2D eigenvalue weighted by atomic mass is 16.3. The molecule has 2 heterocycles. The first-order valence-corrected chi connectivity index (χ1v) is 8.39. The molecule has 1 saturated heterocycles. The predicted octanol–water partition coefficient (Wildman–Crippen LogP) is 3.82. The minimum absolute atomic E-state index is 0.177. The first-order chi connectivity index (χ1) is 11.4. The predicted molar refractivity (Wildman–Crippen MR) is 93.6 cm³/mol. The van der Waals surface area contributed by atoms with Crippen LogP contribution in [0, 0.1) is 0 Å². The monoisotopic (exact) mass is 306 g/mol. The zero-order chi connectivity index (χ0) is 15.5. The number of fused-ring (bicyclic) bond motifs is 1. The summed E-state index contributed by atoms with van der Waals surface area (Å²) in [6.45, 7) is 4.25. The number of hydrogen-bond donors (Lipinski definition) is 1. The molecule has 4 rings (SSSR count). The Labute approximate surface area is 136 Å². The fraction of sp³-hybridized carbons (Fsp3) is 0.300. The molecule has 23 heavy (non-hydrogen) atoms. The van der Waals surface area contributed by atoms with Gasteiger partial charge < -0.3 is 9.73 Å². The van der Waals surface area contributed by atoms with E-state index in [1.165, 1.54) is 22.8 Å². The zero-order valence-corrected chi connectivity index (χ0v) is 13.2. The van der Waals surface area contributed by atoms with Crippen LogP contribution < -0.4 is 5.32 Å². The second-order valence-corrected chi connectivity index (χ2v) is 6.13. The lowest BCUT2D eigenvalue weighted by Crippen LogP contribution is -2.32. The summed E-state index contributed by atoms with van der Waals surface area (Å²) in [6.07, 6.45) is 2.95.